The highest BCUT2D eigenvalue weighted by atomic mass is 32.2. The smallest absolute Gasteiger partial charge is 0.379 e. The van der Waals surface area contributed by atoms with E-state index in [1.165, 1.54) is 30.7 Å². The second-order valence-corrected chi connectivity index (χ2v) is 11.4. The van der Waals surface area contributed by atoms with Gasteiger partial charge in [0.15, 0.2) is 0 Å². The lowest BCUT2D eigenvalue weighted by Gasteiger charge is -2.44. The summed E-state index contributed by atoms with van der Waals surface area (Å²) >= 11 is 1.14. The van der Waals surface area contributed by atoms with Crippen molar-refractivity contribution in [1.29, 1.82) is 0 Å². The molecule has 0 spiro atoms. The van der Waals surface area contributed by atoms with Crippen LogP contribution in [-0.4, -0.2) is 69.5 Å². The van der Waals surface area contributed by atoms with Crippen LogP contribution < -0.4 is 10.6 Å². The number of carbonyl (C=O) groups excluding carboxylic acids is 1. The van der Waals surface area contributed by atoms with Gasteiger partial charge < -0.3 is 14.5 Å². The van der Waals surface area contributed by atoms with Crippen molar-refractivity contribution in [2.24, 2.45) is 0 Å². The molecule has 0 radical (unpaired) electrons. The molecule has 13 heteroatoms. The lowest BCUT2D eigenvalue weighted by Crippen LogP contribution is -2.58. The summed E-state index contributed by atoms with van der Waals surface area (Å²) in [7, 11) is 1.48. The Morgan fingerprint density at radius 2 is 1.88 bits per heavy atom. The van der Waals surface area contributed by atoms with Crippen molar-refractivity contribution in [3.63, 3.8) is 0 Å². The number of alkyl halides is 3. The van der Waals surface area contributed by atoms with E-state index in [9.17, 15) is 27.2 Å². The number of ether oxygens (including phenoxy) is 1. The molecule has 0 unspecified atom stereocenters. The number of benzene rings is 1. The number of halogens is 4. The number of hydrogen-bond donors (Lipinski definition) is 0. The first-order valence-electron chi connectivity index (χ1n) is 13.0. The minimum atomic E-state index is -4.80. The first kappa shape index (κ1) is 29.1. The zero-order valence-corrected chi connectivity index (χ0v) is 23.8. The minimum absolute atomic E-state index is 0.0485. The van der Waals surface area contributed by atoms with E-state index in [0.29, 0.717) is 5.52 Å². The van der Waals surface area contributed by atoms with Crippen LogP contribution in [0.1, 0.15) is 25.0 Å². The van der Waals surface area contributed by atoms with Crippen LogP contribution in [0, 0.1) is 12.7 Å². The standard InChI is InChI=1S/C28H29F4N5O3S/c1-6-22(38)37-15(3)10-35(11-16(37)4)26-18-8-19(28(30,31)32)23(21-7-14(2)20(29)9-33-21)25-24(18)36(27(39)34-26)12-17(40-5)13-41-25/h6-9,15-17H,1,10-13H2,2-5H3/t15-,16+,17-/m0/s1. The fraction of sp³-hybridized carbons (Fsp3) is 0.429. The number of piperazine rings is 1. The van der Waals surface area contributed by atoms with Crippen molar-refractivity contribution >= 4 is 34.4 Å². The molecular formula is C28H29F4N5O3S. The van der Waals surface area contributed by atoms with Gasteiger partial charge in [0.1, 0.15) is 11.6 Å². The van der Waals surface area contributed by atoms with Crippen LogP contribution in [0.3, 0.4) is 0 Å². The molecule has 1 aromatic carbocycles. The number of nitrogens with zero attached hydrogens (tertiary/aromatic N) is 5. The third-order valence-corrected chi connectivity index (χ3v) is 8.81. The third-order valence-electron chi connectivity index (χ3n) is 7.59. The van der Waals surface area contributed by atoms with Crippen molar-refractivity contribution in [2.45, 2.75) is 56.6 Å². The van der Waals surface area contributed by atoms with E-state index in [-0.39, 0.29) is 76.3 Å². The number of anilines is 1. The molecule has 0 N–H and O–H groups in total. The van der Waals surface area contributed by atoms with Crippen molar-refractivity contribution in [3.8, 4) is 11.3 Å². The molecule has 41 heavy (non-hydrogen) atoms. The summed E-state index contributed by atoms with van der Waals surface area (Å²) in [5, 5.41) is 0.154. The van der Waals surface area contributed by atoms with E-state index in [1.54, 1.807) is 9.80 Å². The Bertz CT molecular complexity index is 1600. The number of rotatable bonds is 4. The predicted molar refractivity (Wildman–Crippen MR) is 149 cm³/mol. The van der Waals surface area contributed by atoms with Gasteiger partial charge in [0, 0.05) is 53.9 Å². The van der Waals surface area contributed by atoms with Crippen molar-refractivity contribution in [3.05, 3.63) is 58.4 Å². The maximum Gasteiger partial charge on any atom is 0.417 e. The summed E-state index contributed by atoms with van der Waals surface area (Å²) in [5.74, 6) is -0.503. The minimum Gasteiger partial charge on any atom is -0.379 e. The van der Waals surface area contributed by atoms with Crippen molar-refractivity contribution in [1.82, 2.24) is 19.4 Å². The first-order chi connectivity index (χ1) is 19.3. The molecule has 1 fully saturated rings. The third kappa shape index (κ3) is 5.09. The number of amides is 1. The average molecular weight is 592 g/mol. The highest BCUT2D eigenvalue weighted by Gasteiger charge is 2.40. The fourth-order valence-electron chi connectivity index (χ4n) is 5.71. The van der Waals surface area contributed by atoms with E-state index in [2.05, 4.69) is 16.5 Å². The van der Waals surface area contributed by atoms with Gasteiger partial charge >= 0.3 is 11.9 Å². The molecule has 0 aliphatic carbocycles. The predicted octanol–water partition coefficient (Wildman–Crippen LogP) is 4.66. The van der Waals surface area contributed by atoms with Gasteiger partial charge in [0.25, 0.3) is 0 Å². The van der Waals surface area contributed by atoms with Gasteiger partial charge in [-0.05, 0) is 44.5 Å². The molecule has 1 amide bonds. The van der Waals surface area contributed by atoms with Gasteiger partial charge in [-0.15, -0.1) is 11.8 Å². The van der Waals surface area contributed by atoms with Gasteiger partial charge in [0.2, 0.25) is 5.91 Å². The normalized spacial score (nSPS) is 21.2. The molecule has 1 saturated heterocycles. The quantitative estimate of drug-likeness (QED) is 0.323. The lowest BCUT2D eigenvalue weighted by molar-refractivity contribution is -0.137. The van der Waals surface area contributed by atoms with Crippen molar-refractivity contribution in [2.75, 3.05) is 30.9 Å². The van der Waals surface area contributed by atoms with E-state index in [1.807, 2.05) is 13.8 Å². The van der Waals surface area contributed by atoms with Gasteiger partial charge in [-0.1, -0.05) is 6.58 Å². The molecule has 5 rings (SSSR count). The molecule has 8 nitrogen and oxygen atoms in total. The highest BCUT2D eigenvalue weighted by molar-refractivity contribution is 7.99. The SMILES string of the molecule is C=CC(=O)N1[C@H](C)CN(c2nc(=O)n3c4c(c(-c5cc(C)c(F)cn5)c(C(F)(F)F)cc24)SC[C@@H](OC)C3)C[C@@H]1C. The van der Waals surface area contributed by atoms with E-state index >= 15 is 0 Å². The zero-order valence-electron chi connectivity index (χ0n) is 23.0. The summed E-state index contributed by atoms with van der Waals surface area (Å²) in [6, 6.07) is 1.65. The van der Waals surface area contributed by atoms with Crippen molar-refractivity contribution < 1.29 is 27.1 Å². The van der Waals surface area contributed by atoms with Gasteiger partial charge in [0.05, 0.1) is 35.6 Å². The second kappa shape index (κ2) is 10.8. The van der Waals surface area contributed by atoms with Gasteiger partial charge in [-0.25, -0.2) is 9.18 Å². The molecule has 3 aromatic rings. The van der Waals surface area contributed by atoms with Crippen LogP contribution in [0.5, 0.6) is 0 Å². The van der Waals surface area contributed by atoms with Crippen LogP contribution in [0.25, 0.3) is 22.2 Å². The van der Waals surface area contributed by atoms with E-state index in [0.717, 1.165) is 24.0 Å². The molecule has 2 aliphatic heterocycles. The van der Waals surface area contributed by atoms with Crippen LogP contribution in [0.4, 0.5) is 23.4 Å². The van der Waals surface area contributed by atoms with E-state index in [4.69, 9.17) is 4.74 Å². The molecule has 0 saturated carbocycles. The Morgan fingerprint density at radius 3 is 2.46 bits per heavy atom. The maximum atomic E-state index is 14.8. The highest BCUT2D eigenvalue weighted by Crippen LogP contribution is 2.48. The number of carbonyl (C=O) groups is 1. The monoisotopic (exact) mass is 591 g/mol. The largest absolute Gasteiger partial charge is 0.417 e. The molecule has 2 aromatic heterocycles. The maximum absolute atomic E-state index is 14.8. The van der Waals surface area contributed by atoms with Gasteiger partial charge in [-0.2, -0.15) is 18.2 Å². The fourth-order valence-corrected chi connectivity index (χ4v) is 7.02. The Balaban J connectivity index is 1.83. The topological polar surface area (TPSA) is 80.6 Å². The van der Waals surface area contributed by atoms with Crippen LogP contribution in [0.15, 0.2) is 40.7 Å². The number of pyridine rings is 1. The molecule has 218 valence electrons. The number of methoxy groups -OCH3 is 1. The van der Waals surface area contributed by atoms with Crippen LogP contribution in [0.2, 0.25) is 0 Å². The molecule has 2 aliphatic rings. The second-order valence-electron chi connectivity index (χ2n) is 10.4. The molecule has 3 atom stereocenters. The Labute approximate surface area is 238 Å². The Morgan fingerprint density at radius 1 is 1.20 bits per heavy atom. The number of thioether (sulfide) groups is 1. The summed E-state index contributed by atoms with van der Waals surface area (Å²) in [6.45, 7) is 9.26. The summed E-state index contributed by atoms with van der Waals surface area (Å²) < 4.78 is 65.3. The van der Waals surface area contributed by atoms with Crippen LogP contribution >= 0.6 is 11.8 Å². The summed E-state index contributed by atoms with van der Waals surface area (Å²) in [4.78, 5) is 37.9. The number of hydrogen-bond acceptors (Lipinski definition) is 7. The Kier molecular flexibility index (Phi) is 7.62. The first-order valence-corrected chi connectivity index (χ1v) is 14.0. The van der Waals surface area contributed by atoms with E-state index < -0.39 is 29.4 Å². The summed E-state index contributed by atoms with van der Waals surface area (Å²) in [6.07, 6.45) is -3.14. The van der Waals surface area contributed by atoms with Gasteiger partial charge in [-0.3, -0.25) is 14.3 Å². The molecule has 4 heterocycles. The number of aromatic nitrogens is 3. The Hall–Kier alpha value is -3.45. The lowest BCUT2D eigenvalue weighted by atomic mass is 9.98. The molecule has 0 bridgehead atoms. The average Bonchev–Trinajstić information content (AvgIpc) is 3.11. The van der Waals surface area contributed by atoms with Crippen LogP contribution in [-0.2, 0) is 22.3 Å². The summed E-state index contributed by atoms with van der Waals surface area (Å²) in [5.41, 5.74) is -1.42. The number of aryl methyl sites for hydroxylation is 1. The zero-order chi connectivity index (χ0) is 29.8. The molecular weight excluding hydrogens is 562 g/mol.